The molecule has 408 valence electrons. The molecule has 3 aliphatic heterocycles. The summed E-state index contributed by atoms with van der Waals surface area (Å²) < 4.78 is 62.8. The molecule has 7 N–H and O–H groups in total. The number of amides is 7. The highest BCUT2D eigenvalue weighted by Crippen LogP contribution is 2.46. The van der Waals surface area contributed by atoms with Crippen molar-refractivity contribution in [1.82, 2.24) is 45.8 Å². The van der Waals surface area contributed by atoms with Crippen LogP contribution < -0.4 is 36.9 Å². The van der Waals surface area contributed by atoms with Crippen LogP contribution in [-0.4, -0.2) is 140 Å². The van der Waals surface area contributed by atoms with Crippen LogP contribution in [0.15, 0.2) is 59.4 Å². The minimum Gasteiger partial charge on any atom is -0.458 e. The lowest BCUT2D eigenvalue weighted by atomic mass is 9.82. The van der Waals surface area contributed by atoms with E-state index in [0.29, 0.717) is 39.6 Å². The standard InChI is InChI=1S/C51H56FN9O15S/c1-3-51(71)33-20-38-47-31(25-61(38)49(69)32(33)26-76-50(51)70)46-35(10-9-30-28(2)34(52)21-36(58-47)45(30)46)59-77(72,73)18-17-75-27-56-41(64)23-55-48(68)37(19-29-7-5-4-6-8-29)57-42(65)24-54-40(63)22-53-39(62)13-15-74-16-14-60-43(66)11-12-44(60)67/h4-8,11-12,20-21,35,37,59,71H,3,9-10,13-19,22-27H2,1-2H3,(H,53,62)(H,54,63)(H,55,68)(H,56,64)(H,57,65)/t35-,37?,51-/m0/s1. The van der Waals surface area contributed by atoms with Crippen LogP contribution in [0.3, 0.4) is 0 Å². The molecular formula is C51H56FN9O15S. The zero-order valence-electron chi connectivity index (χ0n) is 42.0. The van der Waals surface area contributed by atoms with E-state index in [1.165, 1.54) is 16.7 Å². The number of carbonyl (C=O) groups is 8. The Labute approximate surface area is 439 Å². The Kier molecular flexibility index (Phi) is 17.0. The molecule has 24 nitrogen and oxygen atoms in total. The highest BCUT2D eigenvalue weighted by Gasteiger charge is 2.46. The molecule has 0 bridgehead atoms. The zero-order valence-corrected chi connectivity index (χ0v) is 42.8. The number of sulfonamides is 1. The fraction of sp³-hybridized carbons (Fsp3) is 0.412. The SMILES string of the molecule is CC[C@@]1(O)C(=O)OCc2c1cc1n(c2=O)Cc2c-1nc1cc(F)c(C)c3c1c2[C@@H](NS(=O)(=O)CCOCNC(=O)CNC(=O)C(Cc1ccccc1)NC(=O)CNC(=O)CNC(=O)CCOCCN1C(=O)C=CC1=O)CC3. The third kappa shape index (κ3) is 12.4. The Morgan fingerprint density at radius 2 is 1.58 bits per heavy atom. The second-order valence-corrected chi connectivity index (χ2v) is 20.5. The minimum absolute atomic E-state index is 0.0119. The van der Waals surface area contributed by atoms with Crippen molar-refractivity contribution in [2.75, 3.05) is 58.5 Å². The van der Waals surface area contributed by atoms with E-state index in [2.05, 4.69) is 31.3 Å². The summed E-state index contributed by atoms with van der Waals surface area (Å²) in [5.41, 5.74) is 1.15. The third-order valence-electron chi connectivity index (χ3n) is 13.7. The van der Waals surface area contributed by atoms with Gasteiger partial charge >= 0.3 is 5.97 Å². The topological polar surface area (TPSA) is 329 Å². The van der Waals surface area contributed by atoms with Gasteiger partial charge in [-0.25, -0.2) is 27.3 Å². The molecule has 5 heterocycles. The summed E-state index contributed by atoms with van der Waals surface area (Å²) in [7, 11) is -4.11. The third-order valence-corrected chi connectivity index (χ3v) is 15.0. The van der Waals surface area contributed by atoms with Crippen molar-refractivity contribution in [3.05, 3.63) is 110 Å². The maximum absolute atomic E-state index is 15.4. The largest absolute Gasteiger partial charge is 0.458 e. The maximum Gasteiger partial charge on any atom is 0.343 e. The lowest BCUT2D eigenvalue weighted by Gasteiger charge is -2.31. The number of aliphatic hydroxyl groups is 1. The number of halogens is 1. The summed E-state index contributed by atoms with van der Waals surface area (Å²) in [6, 6.07) is 9.41. The van der Waals surface area contributed by atoms with Crippen LogP contribution in [0.5, 0.6) is 0 Å². The molecule has 0 saturated heterocycles. The number of nitrogens with zero attached hydrogens (tertiary/aromatic N) is 3. The summed E-state index contributed by atoms with van der Waals surface area (Å²) in [5.74, 6) is -6.29. The van der Waals surface area contributed by atoms with Gasteiger partial charge in [0.1, 0.15) is 25.2 Å². The second-order valence-electron chi connectivity index (χ2n) is 18.6. The van der Waals surface area contributed by atoms with Gasteiger partial charge < -0.3 is 50.5 Å². The van der Waals surface area contributed by atoms with E-state index < -0.39 is 119 Å². The van der Waals surface area contributed by atoms with Gasteiger partial charge in [-0.15, -0.1) is 0 Å². The van der Waals surface area contributed by atoms with Gasteiger partial charge in [0.2, 0.25) is 39.6 Å². The lowest BCUT2D eigenvalue weighted by molar-refractivity contribution is -0.172. The van der Waals surface area contributed by atoms with Gasteiger partial charge in [0.05, 0.1) is 80.8 Å². The van der Waals surface area contributed by atoms with Crippen LogP contribution in [0.4, 0.5) is 4.39 Å². The maximum atomic E-state index is 15.4. The number of aryl methyl sites for hydroxylation is 1. The zero-order chi connectivity index (χ0) is 55.2. The van der Waals surface area contributed by atoms with Gasteiger partial charge in [-0.1, -0.05) is 37.3 Å². The molecule has 4 aliphatic rings. The Hall–Kier alpha value is -7.78. The molecule has 4 aromatic rings. The van der Waals surface area contributed by atoms with Crippen LogP contribution in [0.1, 0.15) is 71.2 Å². The number of hydrogen-bond donors (Lipinski definition) is 7. The first-order valence-corrected chi connectivity index (χ1v) is 26.4. The molecule has 1 aliphatic carbocycles. The second kappa shape index (κ2) is 23.6. The highest BCUT2D eigenvalue weighted by molar-refractivity contribution is 7.89. The number of esters is 1. The number of benzene rings is 2. The summed E-state index contributed by atoms with van der Waals surface area (Å²) in [4.78, 5) is 119. The van der Waals surface area contributed by atoms with E-state index in [1.807, 2.05) is 0 Å². The van der Waals surface area contributed by atoms with Crippen molar-refractivity contribution in [3.8, 4) is 11.4 Å². The monoisotopic (exact) mass is 1090 g/mol. The minimum atomic E-state index is -4.11. The van der Waals surface area contributed by atoms with Crippen LogP contribution in [0, 0.1) is 12.7 Å². The molecule has 0 saturated carbocycles. The van der Waals surface area contributed by atoms with Crippen LogP contribution in [0.2, 0.25) is 0 Å². The number of cyclic esters (lactones) is 1. The molecule has 2 aromatic heterocycles. The number of aromatic nitrogens is 2. The smallest absolute Gasteiger partial charge is 0.343 e. The van der Waals surface area contributed by atoms with Gasteiger partial charge in [0.15, 0.2) is 5.60 Å². The van der Waals surface area contributed by atoms with Crippen molar-refractivity contribution in [2.45, 2.75) is 76.8 Å². The first-order chi connectivity index (χ1) is 36.8. The highest BCUT2D eigenvalue weighted by atomic mass is 32.2. The van der Waals surface area contributed by atoms with Gasteiger partial charge in [-0.05, 0) is 54.5 Å². The molecular weight excluding hydrogens is 1030 g/mol. The van der Waals surface area contributed by atoms with Crippen LogP contribution in [0.25, 0.3) is 22.3 Å². The number of pyridine rings is 2. The van der Waals surface area contributed by atoms with Crippen molar-refractivity contribution in [3.63, 3.8) is 0 Å². The molecule has 1 unspecified atom stereocenters. The summed E-state index contributed by atoms with van der Waals surface area (Å²) in [6.07, 6.45) is 2.64. The van der Waals surface area contributed by atoms with Crippen molar-refractivity contribution >= 4 is 68.2 Å². The number of nitrogens with one attached hydrogen (secondary N) is 6. The molecule has 77 heavy (non-hydrogen) atoms. The summed E-state index contributed by atoms with van der Waals surface area (Å²) in [6.45, 7) is 0.444. The molecule has 0 fully saturated rings. The average molecular weight is 1090 g/mol. The van der Waals surface area contributed by atoms with E-state index in [-0.39, 0.29) is 93.2 Å². The molecule has 26 heteroatoms. The van der Waals surface area contributed by atoms with Gasteiger partial charge in [-0.2, -0.15) is 0 Å². The van der Waals surface area contributed by atoms with Crippen LogP contribution in [-0.2, 0) is 94.2 Å². The van der Waals surface area contributed by atoms with Crippen molar-refractivity contribution < 1.29 is 70.5 Å². The van der Waals surface area contributed by atoms with Crippen molar-refractivity contribution in [1.29, 1.82) is 0 Å². The fourth-order valence-electron chi connectivity index (χ4n) is 9.56. The number of rotatable bonds is 24. The first-order valence-electron chi connectivity index (χ1n) is 24.7. The molecule has 3 atom stereocenters. The molecule has 2 aromatic carbocycles. The summed E-state index contributed by atoms with van der Waals surface area (Å²) in [5, 5.41) is 24.1. The number of fused-ring (bicyclic) bond motifs is 5. The van der Waals surface area contributed by atoms with Crippen molar-refractivity contribution in [2.24, 2.45) is 0 Å². The summed E-state index contributed by atoms with van der Waals surface area (Å²) >= 11 is 0. The normalized spacial score (nSPS) is 17.5. The quantitative estimate of drug-likeness (QED) is 0.0168. The number of ether oxygens (including phenoxy) is 3. The van der Waals surface area contributed by atoms with E-state index in [1.54, 1.807) is 44.2 Å². The van der Waals surface area contributed by atoms with E-state index in [4.69, 9.17) is 19.2 Å². The lowest BCUT2D eigenvalue weighted by Crippen LogP contribution is -2.52. The van der Waals surface area contributed by atoms with E-state index >= 15 is 4.39 Å². The average Bonchev–Trinajstić information content (AvgIpc) is 4.19. The number of carbonyl (C=O) groups excluding carboxylic acids is 8. The fourth-order valence-corrected chi connectivity index (χ4v) is 10.7. The first kappa shape index (κ1) is 55.5. The Morgan fingerprint density at radius 3 is 2.32 bits per heavy atom. The van der Waals surface area contributed by atoms with Gasteiger partial charge in [-0.3, -0.25) is 43.3 Å². The number of hydrogen-bond acceptors (Lipinski definition) is 16. The van der Waals surface area contributed by atoms with E-state index in [9.17, 15) is 56.7 Å². The Morgan fingerprint density at radius 1 is 0.883 bits per heavy atom. The van der Waals surface area contributed by atoms with E-state index in [0.717, 1.165) is 17.1 Å². The predicted octanol–water partition coefficient (Wildman–Crippen LogP) is -1.07. The molecule has 0 spiro atoms. The molecule has 7 amide bonds. The molecule has 8 rings (SSSR count). The van der Waals surface area contributed by atoms with Crippen LogP contribution >= 0.6 is 0 Å². The van der Waals surface area contributed by atoms with Gasteiger partial charge in [0.25, 0.3) is 17.4 Å². The van der Waals surface area contributed by atoms with Gasteiger partial charge in [0, 0.05) is 53.6 Å². The Bertz CT molecular complexity index is 3260. The predicted molar refractivity (Wildman–Crippen MR) is 269 cm³/mol. The Balaban J connectivity index is 0.801. The molecule has 0 radical (unpaired) electrons. The number of imide groups is 1.